The van der Waals surface area contributed by atoms with Crippen LogP contribution in [0.1, 0.15) is 24.0 Å². The summed E-state index contributed by atoms with van der Waals surface area (Å²) in [7, 11) is 0. The molecule has 0 radical (unpaired) electrons. The van der Waals surface area contributed by atoms with E-state index in [9.17, 15) is 18.0 Å². The molecule has 0 unspecified atom stereocenters. The number of amides is 1. The number of nitrogens with zero attached hydrogens (tertiary/aromatic N) is 5. The fraction of sp³-hybridized carbons (Fsp3) is 0.370. The van der Waals surface area contributed by atoms with E-state index in [0.29, 0.717) is 31.0 Å². The van der Waals surface area contributed by atoms with Crippen LogP contribution in [0, 0.1) is 0 Å². The van der Waals surface area contributed by atoms with E-state index in [1.807, 2.05) is 35.2 Å². The average molecular weight is 544 g/mol. The largest absolute Gasteiger partial charge is 0.491 e. The number of benzene rings is 2. The van der Waals surface area contributed by atoms with E-state index >= 15 is 0 Å². The molecule has 1 amide bonds. The molecule has 0 bridgehead atoms. The molecule has 0 aliphatic carbocycles. The quantitative estimate of drug-likeness (QED) is 0.274. The van der Waals surface area contributed by atoms with Gasteiger partial charge >= 0.3 is 12.3 Å². The van der Waals surface area contributed by atoms with Gasteiger partial charge in [0.05, 0.1) is 6.61 Å². The van der Waals surface area contributed by atoms with E-state index in [1.54, 1.807) is 16.7 Å². The molecule has 12 heteroatoms. The highest BCUT2D eigenvalue weighted by Gasteiger charge is 2.40. The Bertz CT molecular complexity index is 1390. The van der Waals surface area contributed by atoms with Crippen LogP contribution in [0.4, 0.5) is 18.0 Å². The van der Waals surface area contributed by atoms with Crippen LogP contribution in [0.25, 0.3) is 10.9 Å². The second-order valence-corrected chi connectivity index (χ2v) is 9.23. The molecule has 1 fully saturated rings. The number of fused-ring (bicyclic) bond motifs is 2. The number of carbonyl (C=O) groups excluding carboxylic acids is 1. The summed E-state index contributed by atoms with van der Waals surface area (Å²) in [6.45, 7) is 2.32. The van der Waals surface area contributed by atoms with Crippen LogP contribution in [0.5, 0.6) is 5.75 Å². The highest BCUT2D eigenvalue weighted by molar-refractivity contribution is 6.14. The maximum Gasteiger partial charge on any atom is 0.442 e. The lowest BCUT2D eigenvalue weighted by Crippen LogP contribution is -2.54. The van der Waals surface area contributed by atoms with Gasteiger partial charge in [-0.2, -0.15) is 13.2 Å². The summed E-state index contributed by atoms with van der Waals surface area (Å²) in [5.74, 6) is 0.698. The zero-order chi connectivity index (χ0) is 27.4. The molecule has 9 nitrogen and oxygen atoms in total. The number of aliphatic hydroxyl groups is 1. The Hall–Kier alpha value is -4.06. The van der Waals surface area contributed by atoms with Crippen molar-refractivity contribution < 1.29 is 32.6 Å². The van der Waals surface area contributed by atoms with Crippen molar-refractivity contribution in [2.45, 2.75) is 25.6 Å². The van der Waals surface area contributed by atoms with Crippen LogP contribution in [0.15, 0.2) is 64.9 Å². The van der Waals surface area contributed by atoms with Crippen LogP contribution in [-0.4, -0.2) is 82.8 Å². The smallest absolute Gasteiger partial charge is 0.442 e. The van der Waals surface area contributed by atoms with E-state index < -0.39 is 18.0 Å². The van der Waals surface area contributed by atoms with Crippen molar-refractivity contribution in [2.24, 2.45) is 10.1 Å². The van der Waals surface area contributed by atoms with E-state index in [4.69, 9.17) is 14.7 Å². The van der Waals surface area contributed by atoms with Crippen molar-refractivity contribution in [2.75, 3.05) is 39.4 Å². The summed E-state index contributed by atoms with van der Waals surface area (Å²) in [5.41, 5.74) is -0.199. The molecule has 3 heterocycles. The predicted octanol–water partition coefficient (Wildman–Crippen LogP) is 4.23. The van der Waals surface area contributed by atoms with E-state index in [1.165, 1.54) is 17.2 Å². The molecule has 1 N–H and O–H groups in total. The van der Waals surface area contributed by atoms with Gasteiger partial charge in [-0.1, -0.05) is 35.5 Å². The van der Waals surface area contributed by atoms with Gasteiger partial charge in [-0.25, -0.2) is 9.69 Å². The monoisotopic (exact) mass is 543 g/mol. The summed E-state index contributed by atoms with van der Waals surface area (Å²) in [6.07, 6.45) is -3.10. The molecular formula is C27H28F3N5O4. The predicted molar refractivity (Wildman–Crippen MR) is 139 cm³/mol. The fourth-order valence-electron chi connectivity index (χ4n) is 4.82. The number of oxime groups is 1. The standard InChI is InChI=1S/C27H28F3N5O4/c28-27(29,30)24(32-39-26(37)35-13-5-12-33-11-4-10-31-25(33)35)22-18-34(17-19-6-2-1-3-7-19)23-9-8-20(16-21(22)23)38-15-14-36/h1-3,6-9,16,18,36H,4-5,10-15,17H2/b32-24-. The molecule has 39 heavy (non-hydrogen) atoms. The van der Waals surface area contributed by atoms with E-state index in [0.717, 1.165) is 25.1 Å². The molecule has 2 aromatic carbocycles. The van der Waals surface area contributed by atoms with Crippen LogP contribution in [0.2, 0.25) is 0 Å². The number of aromatic nitrogens is 1. The van der Waals surface area contributed by atoms with Crippen molar-refractivity contribution in [1.82, 2.24) is 14.4 Å². The Balaban J connectivity index is 1.52. The lowest BCUT2D eigenvalue weighted by atomic mass is 10.1. The number of alkyl halides is 3. The SMILES string of the molecule is O=C(O/N=C(/c1cn(Cc2ccccc2)c2ccc(OCCO)cc12)C(F)(F)F)N1CCCN2CCCN=C21. The molecule has 1 aromatic heterocycles. The van der Waals surface area contributed by atoms with E-state index in [2.05, 4.69) is 10.1 Å². The molecule has 206 valence electrons. The number of rotatable bonds is 7. The highest BCUT2D eigenvalue weighted by Crippen LogP contribution is 2.32. The molecule has 0 atom stereocenters. The van der Waals surface area contributed by atoms with Gasteiger partial charge in [0, 0.05) is 55.4 Å². The Morgan fingerprint density at radius 2 is 1.87 bits per heavy atom. The molecule has 2 aliphatic rings. The highest BCUT2D eigenvalue weighted by atomic mass is 19.4. The topological polar surface area (TPSA) is 91.9 Å². The first-order valence-electron chi connectivity index (χ1n) is 12.7. The van der Waals surface area contributed by atoms with Crippen LogP contribution in [0.3, 0.4) is 0 Å². The number of aliphatic imine (C=N–C) groups is 1. The zero-order valence-electron chi connectivity index (χ0n) is 21.1. The number of aliphatic hydroxyl groups excluding tert-OH is 1. The Labute approximate surface area is 222 Å². The number of hydrogen-bond acceptors (Lipinski definition) is 7. The molecule has 2 aliphatic heterocycles. The van der Waals surface area contributed by atoms with Gasteiger partial charge < -0.3 is 19.3 Å². The van der Waals surface area contributed by atoms with Gasteiger partial charge in [-0.05, 0) is 36.6 Å². The second-order valence-electron chi connectivity index (χ2n) is 9.23. The molecule has 5 rings (SSSR count). The molecule has 0 saturated carbocycles. The minimum Gasteiger partial charge on any atom is -0.491 e. The van der Waals surface area contributed by atoms with Crippen LogP contribution >= 0.6 is 0 Å². The summed E-state index contributed by atoms with van der Waals surface area (Å²) >= 11 is 0. The maximum absolute atomic E-state index is 14.4. The zero-order valence-corrected chi connectivity index (χ0v) is 21.1. The third-order valence-electron chi connectivity index (χ3n) is 6.54. The lowest BCUT2D eigenvalue weighted by molar-refractivity contribution is -0.0603. The average Bonchev–Trinajstić information content (AvgIpc) is 3.28. The van der Waals surface area contributed by atoms with Crippen LogP contribution in [-0.2, 0) is 11.4 Å². The van der Waals surface area contributed by atoms with Crippen LogP contribution < -0.4 is 4.74 Å². The summed E-state index contributed by atoms with van der Waals surface area (Å²) in [4.78, 5) is 25.3. The minimum atomic E-state index is -4.93. The second kappa shape index (κ2) is 11.4. The van der Waals surface area contributed by atoms with Crippen molar-refractivity contribution in [3.63, 3.8) is 0 Å². The summed E-state index contributed by atoms with van der Waals surface area (Å²) in [5, 5.41) is 12.7. The van der Waals surface area contributed by atoms with Crippen molar-refractivity contribution in [1.29, 1.82) is 0 Å². The van der Waals surface area contributed by atoms with Crippen molar-refractivity contribution in [3.8, 4) is 5.75 Å². The van der Waals surface area contributed by atoms with Gasteiger partial charge in [-0.15, -0.1) is 0 Å². The first-order valence-corrected chi connectivity index (χ1v) is 12.7. The first kappa shape index (κ1) is 26.5. The molecule has 0 spiro atoms. The molecule has 3 aromatic rings. The van der Waals surface area contributed by atoms with Gasteiger partial charge in [0.1, 0.15) is 12.4 Å². The van der Waals surface area contributed by atoms with Gasteiger partial charge in [0.15, 0.2) is 5.71 Å². The van der Waals surface area contributed by atoms with E-state index in [-0.39, 0.29) is 36.5 Å². The third kappa shape index (κ3) is 5.85. The van der Waals surface area contributed by atoms with Gasteiger partial charge in [0.2, 0.25) is 5.96 Å². The maximum atomic E-state index is 14.4. The number of halogens is 3. The number of guanidine groups is 1. The Morgan fingerprint density at radius 1 is 1.08 bits per heavy atom. The Kier molecular flexibility index (Phi) is 7.73. The van der Waals surface area contributed by atoms with Crippen molar-refractivity contribution >= 4 is 28.7 Å². The van der Waals surface area contributed by atoms with Gasteiger partial charge in [-0.3, -0.25) is 9.83 Å². The lowest BCUT2D eigenvalue weighted by Gasteiger charge is -2.38. The van der Waals surface area contributed by atoms with Gasteiger partial charge in [0.25, 0.3) is 0 Å². The summed E-state index contributed by atoms with van der Waals surface area (Å²) in [6, 6.07) is 14.0. The number of ether oxygens (including phenoxy) is 1. The number of hydrogen-bond donors (Lipinski definition) is 1. The molecular weight excluding hydrogens is 515 g/mol. The number of carbonyl (C=O) groups is 1. The normalized spacial score (nSPS) is 16.2. The summed E-state index contributed by atoms with van der Waals surface area (Å²) < 4.78 is 50.3. The first-order chi connectivity index (χ1) is 18.8. The molecule has 1 saturated heterocycles. The third-order valence-corrected chi connectivity index (χ3v) is 6.54. The van der Waals surface area contributed by atoms with Crippen molar-refractivity contribution in [3.05, 3.63) is 65.9 Å². The Morgan fingerprint density at radius 3 is 2.64 bits per heavy atom. The minimum absolute atomic E-state index is 0.0138. The fourth-order valence-corrected chi connectivity index (χ4v) is 4.82.